The summed E-state index contributed by atoms with van der Waals surface area (Å²) in [6.07, 6.45) is 1.46. The lowest BCUT2D eigenvalue weighted by atomic mass is 10.3. The van der Waals surface area contributed by atoms with Crippen LogP contribution in [-0.4, -0.2) is 15.1 Å². The first-order chi connectivity index (χ1) is 6.99. The van der Waals surface area contributed by atoms with E-state index >= 15 is 0 Å². The van der Waals surface area contributed by atoms with Crippen molar-refractivity contribution in [2.24, 2.45) is 10.2 Å². The number of hydrogen-bond donors (Lipinski definition) is 1. The van der Waals surface area contributed by atoms with Crippen LogP contribution in [-0.2, 0) is 10.0 Å². The van der Waals surface area contributed by atoms with Crippen molar-refractivity contribution in [2.45, 2.75) is 4.90 Å². The fourth-order valence-electron chi connectivity index (χ4n) is 1.03. The van der Waals surface area contributed by atoms with E-state index in [-0.39, 0.29) is 4.90 Å². The number of hydrogen-bond acceptors (Lipinski definition) is 4. The van der Waals surface area contributed by atoms with E-state index in [1.54, 1.807) is 12.1 Å². The Kier molecular flexibility index (Phi) is 3.23. The largest absolute Gasteiger partial charge is 0.242 e. The lowest BCUT2D eigenvalue weighted by Gasteiger charge is -2.12. The molecule has 0 spiro atoms. The molecule has 0 radical (unpaired) electrons. The van der Waals surface area contributed by atoms with Gasteiger partial charge < -0.3 is 0 Å². The van der Waals surface area contributed by atoms with E-state index in [9.17, 15) is 8.42 Å². The Morgan fingerprint density at radius 3 is 2.20 bits per heavy atom. The van der Waals surface area contributed by atoms with Crippen molar-refractivity contribution >= 4 is 22.4 Å². The molecule has 0 amide bonds. The second kappa shape index (κ2) is 4.24. The number of rotatable bonds is 4. The molecule has 0 heterocycles. The second-order valence-corrected chi connectivity index (χ2v) is 4.27. The molecule has 5 nitrogen and oxygen atoms in total. The molecule has 0 aliphatic heterocycles. The van der Waals surface area contributed by atoms with Crippen LogP contribution in [0.5, 0.6) is 0 Å². The van der Waals surface area contributed by atoms with Crippen LogP contribution >= 0.6 is 0 Å². The van der Waals surface area contributed by atoms with Gasteiger partial charge in [-0.15, -0.1) is 0 Å². The molecule has 1 aromatic rings. The van der Waals surface area contributed by atoms with Gasteiger partial charge in [-0.3, -0.25) is 0 Å². The lowest BCUT2D eigenvalue weighted by molar-refractivity contribution is 0.598. The van der Waals surface area contributed by atoms with Gasteiger partial charge in [0.1, 0.15) is 0 Å². The fraction of sp³-hybridized carbons (Fsp3) is 0. The SMILES string of the molecule is C=CN(N=C)c1ccc(S(N)(=O)=O)cc1. The zero-order chi connectivity index (χ0) is 11.5. The van der Waals surface area contributed by atoms with Crippen molar-refractivity contribution in [3.63, 3.8) is 0 Å². The second-order valence-electron chi connectivity index (χ2n) is 2.71. The van der Waals surface area contributed by atoms with Crippen molar-refractivity contribution < 1.29 is 8.42 Å². The summed E-state index contributed by atoms with van der Waals surface area (Å²) < 4.78 is 21.9. The number of sulfonamides is 1. The van der Waals surface area contributed by atoms with Gasteiger partial charge in [0.25, 0.3) is 0 Å². The smallest absolute Gasteiger partial charge is 0.238 e. The molecule has 0 saturated carbocycles. The van der Waals surface area contributed by atoms with E-state index < -0.39 is 10.0 Å². The molecule has 6 heteroatoms. The van der Waals surface area contributed by atoms with Crippen LogP contribution in [0.4, 0.5) is 5.69 Å². The van der Waals surface area contributed by atoms with Crippen molar-refractivity contribution in [3.05, 3.63) is 37.0 Å². The maximum absolute atomic E-state index is 11.0. The Hall–Kier alpha value is -1.66. The maximum Gasteiger partial charge on any atom is 0.238 e. The van der Waals surface area contributed by atoms with Gasteiger partial charge in [-0.05, 0) is 24.3 Å². The molecule has 0 aliphatic carbocycles. The number of benzene rings is 1. The first kappa shape index (κ1) is 11.4. The number of nitrogens with two attached hydrogens (primary N) is 1. The average Bonchev–Trinajstić information content (AvgIpc) is 2.19. The minimum atomic E-state index is -3.65. The van der Waals surface area contributed by atoms with Gasteiger partial charge in [0.2, 0.25) is 10.0 Å². The summed E-state index contributed by atoms with van der Waals surface area (Å²) in [5.74, 6) is 0. The van der Waals surface area contributed by atoms with E-state index in [0.717, 1.165) is 0 Å². The summed E-state index contributed by atoms with van der Waals surface area (Å²) in [6, 6.07) is 5.92. The summed E-state index contributed by atoms with van der Waals surface area (Å²) in [5.41, 5.74) is 0.660. The molecule has 2 N–H and O–H groups in total. The standard InChI is InChI=1S/C9H11N3O2S/c1-3-12(11-2)8-4-6-9(7-5-8)15(10,13)14/h3-7H,1-2H2,(H2,10,13,14). The normalized spacial score (nSPS) is 10.7. The molecule has 0 unspecified atom stereocenters. The van der Waals surface area contributed by atoms with Crippen LogP contribution in [0.15, 0.2) is 47.0 Å². The minimum absolute atomic E-state index is 0.0549. The highest BCUT2D eigenvalue weighted by atomic mass is 32.2. The highest BCUT2D eigenvalue weighted by Crippen LogP contribution is 2.17. The number of hydrazone groups is 1. The molecular weight excluding hydrogens is 214 g/mol. The Balaban J connectivity index is 3.10. The molecule has 15 heavy (non-hydrogen) atoms. The topological polar surface area (TPSA) is 75.8 Å². The highest BCUT2D eigenvalue weighted by molar-refractivity contribution is 7.89. The molecule has 0 atom stereocenters. The van der Waals surface area contributed by atoms with Gasteiger partial charge in [0.15, 0.2) is 0 Å². The number of nitrogens with zero attached hydrogens (tertiary/aromatic N) is 2. The zero-order valence-electron chi connectivity index (χ0n) is 8.00. The van der Waals surface area contributed by atoms with Crippen molar-refractivity contribution in [3.8, 4) is 0 Å². The van der Waals surface area contributed by atoms with E-state index in [1.165, 1.54) is 23.3 Å². The van der Waals surface area contributed by atoms with Gasteiger partial charge in [0.05, 0.1) is 10.6 Å². The predicted molar refractivity (Wildman–Crippen MR) is 60.0 cm³/mol. The van der Waals surface area contributed by atoms with Crippen molar-refractivity contribution in [1.82, 2.24) is 0 Å². The zero-order valence-corrected chi connectivity index (χ0v) is 8.81. The molecule has 0 bridgehead atoms. The molecule has 0 saturated heterocycles. The molecular formula is C9H11N3O2S. The summed E-state index contributed by atoms with van der Waals surface area (Å²) in [6.45, 7) is 6.87. The Morgan fingerprint density at radius 2 is 1.87 bits per heavy atom. The third-order valence-corrected chi connectivity index (χ3v) is 2.68. The molecule has 0 fully saturated rings. The van der Waals surface area contributed by atoms with Crippen LogP contribution in [0, 0.1) is 0 Å². The van der Waals surface area contributed by atoms with Gasteiger partial charge in [-0.25, -0.2) is 18.6 Å². The van der Waals surface area contributed by atoms with Crippen LogP contribution in [0.2, 0.25) is 0 Å². The average molecular weight is 225 g/mol. The monoisotopic (exact) mass is 225 g/mol. The predicted octanol–water partition coefficient (Wildman–Crippen LogP) is 0.900. The molecule has 1 aromatic carbocycles. The summed E-state index contributed by atoms with van der Waals surface area (Å²) >= 11 is 0. The van der Waals surface area contributed by atoms with E-state index in [4.69, 9.17) is 5.14 Å². The van der Waals surface area contributed by atoms with Crippen molar-refractivity contribution in [1.29, 1.82) is 0 Å². The van der Waals surface area contributed by atoms with Crippen molar-refractivity contribution in [2.75, 3.05) is 5.01 Å². The third kappa shape index (κ3) is 2.64. The highest BCUT2D eigenvalue weighted by Gasteiger charge is 2.07. The van der Waals surface area contributed by atoms with Gasteiger partial charge in [0, 0.05) is 12.9 Å². The van der Waals surface area contributed by atoms with Gasteiger partial charge >= 0.3 is 0 Å². The quantitative estimate of drug-likeness (QED) is 0.611. The van der Waals surface area contributed by atoms with Gasteiger partial charge in [-0.2, -0.15) is 5.10 Å². The first-order valence-electron chi connectivity index (χ1n) is 4.00. The number of anilines is 1. The van der Waals surface area contributed by atoms with Crippen LogP contribution in [0.1, 0.15) is 0 Å². The first-order valence-corrected chi connectivity index (χ1v) is 5.55. The van der Waals surface area contributed by atoms with Gasteiger partial charge in [-0.1, -0.05) is 6.58 Å². The summed E-state index contributed by atoms with van der Waals surface area (Å²) in [5, 5.41) is 10.0. The Bertz CT molecular complexity index is 457. The number of primary sulfonamides is 1. The molecule has 1 rings (SSSR count). The summed E-state index contributed by atoms with van der Waals surface area (Å²) in [4.78, 5) is 0.0549. The van der Waals surface area contributed by atoms with Crippen LogP contribution in [0.25, 0.3) is 0 Å². The van der Waals surface area contributed by atoms with E-state index in [1.807, 2.05) is 0 Å². The van der Waals surface area contributed by atoms with Crippen LogP contribution in [0.3, 0.4) is 0 Å². The van der Waals surface area contributed by atoms with E-state index in [0.29, 0.717) is 5.69 Å². The summed E-state index contributed by atoms with van der Waals surface area (Å²) in [7, 11) is -3.65. The third-order valence-electron chi connectivity index (χ3n) is 1.76. The minimum Gasteiger partial charge on any atom is -0.242 e. The Labute approximate surface area is 88.6 Å². The molecule has 0 aromatic heterocycles. The Morgan fingerprint density at radius 1 is 1.33 bits per heavy atom. The van der Waals surface area contributed by atoms with Crippen LogP contribution < -0.4 is 10.1 Å². The molecule has 0 aliphatic rings. The molecule has 80 valence electrons. The fourth-order valence-corrected chi connectivity index (χ4v) is 1.55. The van der Waals surface area contributed by atoms with E-state index in [2.05, 4.69) is 18.4 Å². The lowest BCUT2D eigenvalue weighted by Crippen LogP contribution is -2.12. The maximum atomic E-state index is 11.0.